The van der Waals surface area contributed by atoms with Gasteiger partial charge in [-0.15, -0.1) is 13.2 Å². The lowest BCUT2D eigenvalue weighted by Gasteiger charge is -2.31. The van der Waals surface area contributed by atoms with Crippen molar-refractivity contribution in [3.63, 3.8) is 0 Å². The van der Waals surface area contributed by atoms with Crippen LogP contribution in [0.1, 0.15) is 15.9 Å². The van der Waals surface area contributed by atoms with Crippen LogP contribution in [0.3, 0.4) is 0 Å². The minimum atomic E-state index is -4.74. The van der Waals surface area contributed by atoms with Crippen LogP contribution in [-0.2, 0) is 6.61 Å². The van der Waals surface area contributed by atoms with E-state index in [4.69, 9.17) is 9.47 Å². The predicted octanol–water partition coefficient (Wildman–Crippen LogP) is 4.79. The second-order valence-corrected chi connectivity index (χ2v) is 6.85. The Hall–Kier alpha value is -3.95. The summed E-state index contributed by atoms with van der Waals surface area (Å²) in [6.45, 7) is 1.03. The number of aromatic nitrogens is 1. The van der Waals surface area contributed by atoms with Crippen LogP contribution in [0.5, 0.6) is 17.2 Å². The molecule has 166 valence electrons. The first-order valence-electron chi connectivity index (χ1n) is 9.49. The van der Waals surface area contributed by atoms with Gasteiger partial charge in [-0.2, -0.15) is 0 Å². The maximum absolute atomic E-state index is 12.3. The molecule has 0 saturated heterocycles. The summed E-state index contributed by atoms with van der Waals surface area (Å²) in [6, 6.07) is 11.8. The van der Waals surface area contributed by atoms with Gasteiger partial charge in [0.05, 0.1) is 35.9 Å². The third-order valence-electron chi connectivity index (χ3n) is 4.64. The molecule has 1 aliphatic heterocycles. The summed E-state index contributed by atoms with van der Waals surface area (Å²) in [7, 11) is 0. The Morgan fingerprint density at radius 3 is 2.59 bits per heavy atom. The van der Waals surface area contributed by atoms with Crippen molar-refractivity contribution in [3.05, 3.63) is 72.1 Å². The van der Waals surface area contributed by atoms with Crippen molar-refractivity contribution in [1.82, 2.24) is 4.98 Å². The van der Waals surface area contributed by atoms with Gasteiger partial charge in [-0.1, -0.05) is 12.1 Å². The summed E-state index contributed by atoms with van der Waals surface area (Å²) >= 11 is 0. The highest BCUT2D eigenvalue weighted by Gasteiger charge is 2.31. The molecule has 3 aromatic rings. The van der Waals surface area contributed by atoms with Crippen LogP contribution in [0.4, 0.5) is 24.5 Å². The standard InChI is InChI=1S/C22H17F3N2O5/c23-22(24,25)32-17-4-1-14(2-5-17)13-31-18-10-16(11-26-12-18)27-7-8-30-20-9-15(21(28)29)3-6-19(20)27/h1-6,9-12H,7-8,13H2,(H,28,29). The molecule has 4 rings (SSSR count). The van der Waals surface area contributed by atoms with Crippen LogP contribution in [0.2, 0.25) is 0 Å². The highest BCUT2D eigenvalue weighted by atomic mass is 19.4. The van der Waals surface area contributed by atoms with Gasteiger partial charge < -0.3 is 24.2 Å². The number of carboxylic acid groups (broad SMARTS) is 1. The highest BCUT2D eigenvalue weighted by molar-refractivity contribution is 5.89. The van der Waals surface area contributed by atoms with Crippen molar-refractivity contribution in [2.45, 2.75) is 13.0 Å². The molecule has 0 aliphatic carbocycles. The molecule has 1 aliphatic rings. The molecule has 1 aromatic heterocycles. The van der Waals surface area contributed by atoms with Crippen LogP contribution >= 0.6 is 0 Å². The van der Waals surface area contributed by atoms with E-state index < -0.39 is 12.3 Å². The molecule has 0 atom stereocenters. The fourth-order valence-electron chi connectivity index (χ4n) is 3.21. The van der Waals surface area contributed by atoms with E-state index in [9.17, 15) is 23.1 Å². The van der Waals surface area contributed by atoms with Crippen LogP contribution in [0.25, 0.3) is 0 Å². The summed E-state index contributed by atoms with van der Waals surface area (Å²) in [5.74, 6) is -0.414. The van der Waals surface area contributed by atoms with E-state index >= 15 is 0 Å². The number of anilines is 2. The van der Waals surface area contributed by atoms with E-state index in [0.717, 1.165) is 5.69 Å². The molecule has 32 heavy (non-hydrogen) atoms. The molecular weight excluding hydrogens is 429 g/mol. The summed E-state index contributed by atoms with van der Waals surface area (Å²) in [5.41, 5.74) is 2.22. The van der Waals surface area contributed by atoms with E-state index in [1.54, 1.807) is 18.3 Å². The maximum atomic E-state index is 12.3. The van der Waals surface area contributed by atoms with Gasteiger partial charge in [0.2, 0.25) is 0 Å². The lowest BCUT2D eigenvalue weighted by atomic mass is 10.1. The Labute approximate surface area is 180 Å². The third kappa shape index (κ3) is 5.02. The molecule has 0 saturated carbocycles. The minimum Gasteiger partial charge on any atom is -0.490 e. The molecule has 1 N–H and O–H groups in total. The zero-order valence-corrected chi connectivity index (χ0v) is 16.5. The second kappa shape index (κ2) is 8.66. The molecule has 0 radical (unpaired) electrons. The first kappa shape index (κ1) is 21.3. The molecule has 0 amide bonds. The average molecular weight is 446 g/mol. The summed E-state index contributed by atoms with van der Waals surface area (Å²) < 4.78 is 52.0. The van der Waals surface area contributed by atoms with Gasteiger partial charge in [0.1, 0.15) is 30.5 Å². The lowest BCUT2D eigenvalue weighted by molar-refractivity contribution is -0.274. The van der Waals surface area contributed by atoms with Gasteiger partial charge in [-0.05, 0) is 35.9 Å². The number of nitrogens with zero attached hydrogens (tertiary/aromatic N) is 2. The Bertz CT molecular complexity index is 1120. The first-order valence-corrected chi connectivity index (χ1v) is 9.49. The van der Waals surface area contributed by atoms with Gasteiger partial charge >= 0.3 is 12.3 Å². The molecule has 2 heterocycles. The number of carboxylic acids is 1. The Morgan fingerprint density at radius 1 is 1.09 bits per heavy atom. The Balaban J connectivity index is 1.46. The van der Waals surface area contributed by atoms with Crippen LogP contribution in [0.15, 0.2) is 60.9 Å². The topological polar surface area (TPSA) is 81.1 Å². The second-order valence-electron chi connectivity index (χ2n) is 6.85. The number of halogens is 3. The molecule has 10 heteroatoms. The molecule has 0 fully saturated rings. The lowest BCUT2D eigenvalue weighted by Crippen LogP contribution is -2.28. The number of rotatable bonds is 6. The van der Waals surface area contributed by atoms with Gasteiger partial charge in [-0.25, -0.2) is 4.79 Å². The molecule has 0 unspecified atom stereocenters. The zero-order chi connectivity index (χ0) is 22.7. The van der Waals surface area contributed by atoms with Crippen molar-refractivity contribution >= 4 is 17.3 Å². The number of ether oxygens (including phenoxy) is 3. The Kier molecular flexibility index (Phi) is 5.76. The Morgan fingerprint density at radius 2 is 1.88 bits per heavy atom. The number of aromatic carboxylic acids is 1. The quantitative estimate of drug-likeness (QED) is 0.583. The van der Waals surface area contributed by atoms with Crippen molar-refractivity contribution in [1.29, 1.82) is 0 Å². The first-order chi connectivity index (χ1) is 15.3. The van der Waals surface area contributed by atoms with Gasteiger partial charge in [-0.3, -0.25) is 4.98 Å². The fraction of sp³-hybridized carbons (Fsp3) is 0.182. The normalized spacial score (nSPS) is 13.2. The number of hydrogen-bond acceptors (Lipinski definition) is 6. The monoisotopic (exact) mass is 446 g/mol. The van der Waals surface area contributed by atoms with E-state index in [0.29, 0.717) is 35.9 Å². The van der Waals surface area contributed by atoms with Crippen molar-refractivity contribution in [3.8, 4) is 17.2 Å². The fourth-order valence-corrected chi connectivity index (χ4v) is 3.21. The van der Waals surface area contributed by atoms with E-state index in [-0.39, 0.29) is 17.9 Å². The molecular formula is C22H17F3N2O5. The van der Waals surface area contributed by atoms with Crippen molar-refractivity contribution < 1.29 is 37.3 Å². The van der Waals surface area contributed by atoms with Crippen LogP contribution in [-0.4, -0.2) is 35.6 Å². The van der Waals surface area contributed by atoms with E-state index in [1.807, 2.05) is 4.90 Å². The number of pyridine rings is 1. The largest absolute Gasteiger partial charge is 0.573 e. The maximum Gasteiger partial charge on any atom is 0.573 e. The predicted molar refractivity (Wildman–Crippen MR) is 108 cm³/mol. The summed E-state index contributed by atoms with van der Waals surface area (Å²) in [6.07, 6.45) is -1.56. The smallest absolute Gasteiger partial charge is 0.490 e. The van der Waals surface area contributed by atoms with E-state index in [1.165, 1.54) is 42.6 Å². The summed E-state index contributed by atoms with van der Waals surface area (Å²) in [5, 5.41) is 9.17. The number of hydrogen-bond donors (Lipinski definition) is 1. The molecule has 0 spiro atoms. The van der Waals surface area contributed by atoms with Crippen molar-refractivity contribution in [2.24, 2.45) is 0 Å². The number of benzene rings is 2. The third-order valence-corrected chi connectivity index (χ3v) is 4.64. The zero-order valence-electron chi connectivity index (χ0n) is 16.5. The molecule has 2 aromatic carbocycles. The van der Waals surface area contributed by atoms with Crippen LogP contribution < -0.4 is 19.1 Å². The summed E-state index contributed by atoms with van der Waals surface area (Å²) in [4.78, 5) is 17.3. The van der Waals surface area contributed by atoms with Gasteiger partial charge in [0.25, 0.3) is 0 Å². The van der Waals surface area contributed by atoms with Gasteiger partial charge in [0, 0.05) is 6.07 Å². The minimum absolute atomic E-state index is 0.124. The number of alkyl halides is 3. The molecule has 7 nitrogen and oxygen atoms in total. The highest BCUT2D eigenvalue weighted by Crippen LogP contribution is 2.38. The number of carbonyl (C=O) groups is 1. The average Bonchev–Trinajstić information content (AvgIpc) is 2.77. The van der Waals surface area contributed by atoms with Crippen LogP contribution in [0, 0.1) is 0 Å². The van der Waals surface area contributed by atoms with Crippen molar-refractivity contribution in [2.75, 3.05) is 18.1 Å². The SMILES string of the molecule is O=C(O)c1ccc2c(c1)OCCN2c1cncc(OCc2ccc(OC(F)(F)F)cc2)c1. The van der Waals surface area contributed by atoms with Gasteiger partial charge in [0.15, 0.2) is 0 Å². The number of fused-ring (bicyclic) bond motifs is 1. The van der Waals surface area contributed by atoms with E-state index in [2.05, 4.69) is 9.72 Å². The molecule has 0 bridgehead atoms.